The number of aliphatic carboxylic acids is 1. The second-order valence-electron chi connectivity index (χ2n) is 4.23. The van der Waals surface area contributed by atoms with Gasteiger partial charge in [-0.1, -0.05) is 25.6 Å². The van der Waals surface area contributed by atoms with E-state index in [0.29, 0.717) is 6.54 Å². The van der Waals surface area contributed by atoms with Gasteiger partial charge in [-0.2, -0.15) is 0 Å². The van der Waals surface area contributed by atoms with Gasteiger partial charge in [-0.15, -0.1) is 11.3 Å². The molecule has 0 aliphatic rings. The van der Waals surface area contributed by atoms with Crippen LogP contribution in [0.15, 0.2) is 17.6 Å². The van der Waals surface area contributed by atoms with Crippen LogP contribution < -0.4 is 0 Å². The first-order valence-corrected chi connectivity index (χ1v) is 8.26. The summed E-state index contributed by atoms with van der Waals surface area (Å²) in [7, 11) is 0. The molecule has 0 saturated heterocycles. The first kappa shape index (κ1) is 15.1. The zero-order valence-corrected chi connectivity index (χ0v) is 13.1. The predicted molar refractivity (Wildman–Crippen MR) is 80.6 cm³/mol. The van der Waals surface area contributed by atoms with Crippen LogP contribution in [0.3, 0.4) is 0 Å². The molecular weight excluding hydrogens is 294 g/mol. The SMILES string of the molecule is CCc1cnc(Cn2c(CC)cnc2SCC(=O)O)s1. The molecule has 2 aromatic rings. The molecule has 0 amide bonds. The number of carbonyl (C=O) groups is 1. The average molecular weight is 311 g/mol. The highest BCUT2D eigenvalue weighted by atomic mass is 32.2. The van der Waals surface area contributed by atoms with Gasteiger partial charge in [-0.25, -0.2) is 9.97 Å². The summed E-state index contributed by atoms with van der Waals surface area (Å²) in [6, 6.07) is 0. The monoisotopic (exact) mass is 311 g/mol. The number of hydrogen-bond donors (Lipinski definition) is 1. The predicted octanol–water partition coefficient (Wildman–Crippen LogP) is 2.69. The van der Waals surface area contributed by atoms with Crippen molar-refractivity contribution >= 4 is 29.1 Å². The lowest BCUT2D eigenvalue weighted by molar-refractivity contribution is -0.133. The summed E-state index contributed by atoms with van der Waals surface area (Å²) < 4.78 is 2.06. The van der Waals surface area contributed by atoms with Gasteiger partial charge in [-0.3, -0.25) is 4.79 Å². The number of nitrogens with zero attached hydrogens (tertiary/aromatic N) is 3. The van der Waals surface area contributed by atoms with E-state index >= 15 is 0 Å². The second-order valence-corrected chi connectivity index (χ2v) is 6.37. The molecule has 108 valence electrons. The minimum absolute atomic E-state index is 0.0260. The molecule has 0 aliphatic carbocycles. The summed E-state index contributed by atoms with van der Waals surface area (Å²) in [6.45, 7) is 4.84. The van der Waals surface area contributed by atoms with Crippen molar-refractivity contribution in [2.45, 2.75) is 38.4 Å². The van der Waals surface area contributed by atoms with Crippen molar-refractivity contribution in [3.05, 3.63) is 28.0 Å². The fourth-order valence-corrected chi connectivity index (χ4v) is 3.37. The molecule has 0 saturated carbocycles. The standard InChI is InChI=1S/C13H17N3O2S2/c1-3-9-5-15-13(19-8-12(17)18)16(9)7-11-14-6-10(4-2)20-11/h5-6H,3-4,7-8H2,1-2H3,(H,17,18). The van der Waals surface area contributed by atoms with E-state index in [1.54, 1.807) is 11.3 Å². The highest BCUT2D eigenvalue weighted by Crippen LogP contribution is 2.22. The van der Waals surface area contributed by atoms with Crippen LogP contribution in [-0.4, -0.2) is 31.4 Å². The van der Waals surface area contributed by atoms with E-state index < -0.39 is 5.97 Å². The third kappa shape index (κ3) is 3.61. The minimum atomic E-state index is -0.829. The van der Waals surface area contributed by atoms with Gasteiger partial charge in [0.25, 0.3) is 0 Å². The number of hydrogen-bond acceptors (Lipinski definition) is 5. The minimum Gasteiger partial charge on any atom is -0.481 e. The number of imidazole rings is 1. The lowest BCUT2D eigenvalue weighted by Crippen LogP contribution is -2.07. The summed E-state index contributed by atoms with van der Waals surface area (Å²) in [5.74, 6) is -0.803. The number of thiazole rings is 1. The Morgan fingerprint density at radius 1 is 1.35 bits per heavy atom. The molecule has 0 atom stereocenters. The Labute approximate surface area is 126 Å². The molecule has 20 heavy (non-hydrogen) atoms. The molecule has 0 radical (unpaired) electrons. The van der Waals surface area contributed by atoms with Crippen molar-refractivity contribution in [1.29, 1.82) is 0 Å². The number of carboxylic acids is 1. The first-order valence-electron chi connectivity index (χ1n) is 6.46. The van der Waals surface area contributed by atoms with Gasteiger partial charge in [0.15, 0.2) is 5.16 Å². The van der Waals surface area contributed by atoms with E-state index in [0.717, 1.165) is 28.7 Å². The molecular formula is C13H17N3O2S2. The Bertz CT molecular complexity index is 592. The Balaban J connectivity index is 2.19. The van der Waals surface area contributed by atoms with E-state index in [2.05, 4.69) is 28.4 Å². The lowest BCUT2D eigenvalue weighted by atomic mass is 10.3. The lowest BCUT2D eigenvalue weighted by Gasteiger charge is -2.08. The maximum absolute atomic E-state index is 10.7. The molecule has 7 heteroatoms. The van der Waals surface area contributed by atoms with Crippen molar-refractivity contribution in [2.24, 2.45) is 0 Å². The van der Waals surface area contributed by atoms with Crippen LogP contribution in [0, 0.1) is 0 Å². The molecule has 0 aromatic carbocycles. The van der Waals surface area contributed by atoms with Gasteiger partial charge in [0.2, 0.25) is 0 Å². The van der Waals surface area contributed by atoms with E-state index in [4.69, 9.17) is 5.11 Å². The fourth-order valence-electron chi connectivity index (χ4n) is 1.80. The number of aromatic nitrogens is 3. The maximum Gasteiger partial charge on any atom is 0.313 e. The van der Waals surface area contributed by atoms with Crippen molar-refractivity contribution < 1.29 is 9.90 Å². The zero-order chi connectivity index (χ0) is 14.5. The Morgan fingerprint density at radius 3 is 2.75 bits per heavy atom. The summed E-state index contributed by atoms with van der Waals surface area (Å²) in [5.41, 5.74) is 1.10. The molecule has 0 fully saturated rings. The van der Waals surface area contributed by atoms with Crippen LogP contribution in [-0.2, 0) is 24.2 Å². The van der Waals surface area contributed by atoms with Crippen LogP contribution >= 0.6 is 23.1 Å². The van der Waals surface area contributed by atoms with Gasteiger partial charge in [0.05, 0.1) is 12.3 Å². The van der Waals surface area contributed by atoms with Gasteiger partial charge in [-0.05, 0) is 12.8 Å². The average Bonchev–Trinajstić information content (AvgIpc) is 3.03. The molecule has 0 spiro atoms. The molecule has 0 bridgehead atoms. The van der Waals surface area contributed by atoms with Gasteiger partial charge in [0, 0.05) is 23.0 Å². The third-order valence-corrected chi connectivity index (χ3v) is 4.93. The molecule has 0 aliphatic heterocycles. The van der Waals surface area contributed by atoms with E-state index in [9.17, 15) is 4.79 Å². The molecule has 1 N–H and O–H groups in total. The molecule has 2 rings (SSSR count). The molecule has 2 aromatic heterocycles. The van der Waals surface area contributed by atoms with Crippen molar-refractivity contribution in [1.82, 2.24) is 14.5 Å². The highest BCUT2D eigenvalue weighted by molar-refractivity contribution is 7.99. The van der Waals surface area contributed by atoms with Crippen molar-refractivity contribution in [3.8, 4) is 0 Å². The summed E-state index contributed by atoms with van der Waals surface area (Å²) in [4.78, 5) is 20.7. The topological polar surface area (TPSA) is 68.0 Å². The molecule has 0 unspecified atom stereocenters. The van der Waals surface area contributed by atoms with Crippen LogP contribution in [0.25, 0.3) is 0 Å². The third-order valence-electron chi connectivity index (χ3n) is 2.83. The summed E-state index contributed by atoms with van der Waals surface area (Å²) >= 11 is 2.95. The summed E-state index contributed by atoms with van der Waals surface area (Å²) in [5, 5.41) is 10.6. The van der Waals surface area contributed by atoms with Crippen molar-refractivity contribution in [2.75, 3.05) is 5.75 Å². The Morgan fingerprint density at radius 2 is 2.15 bits per heavy atom. The van der Waals surface area contributed by atoms with E-state index in [1.165, 1.54) is 16.6 Å². The van der Waals surface area contributed by atoms with Crippen LogP contribution in [0.1, 0.15) is 29.4 Å². The Kier molecular flexibility index (Phi) is 5.19. The normalized spacial score (nSPS) is 10.9. The highest BCUT2D eigenvalue weighted by Gasteiger charge is 2.13. The Hall–Kier alpha value is -1.34. The van der Waals surface area contributed by atoms with Crippen LogP contribution in [0.2, 0.25) is 0 Å². The number of carboxylic acid groups (broad SMARTS) is 1. The molecule has 2 heterocycles. The van der Waals surface area contributed by atoms with Crippen LogP contribution in [0.5, 0.6) is 0 Å². The molecule has 5 nitrogen and oxygen atoms in total. The van der Waals surface area contributed by atoms with E-state index in [1.807, 2.05) is 12.4 Å². The smallest absolute Gasteiger partial charge is 0.313 e. The number of thioether (sulfide) groups is 1. The van der Waals surface area contributed by atoms with Gasteiger partial charge < -0.3 is 9.67 Å². The van der Waals surface area contributed by atoms with Gasteiger partial charge >= 0.3 is 5.97 Å². The maximum atomic E-state index is 10.7. The van der Waals surface area contributed by atoms with E-state index in [-0.39, 0.29) is 5.75 Å². The zero-order valence-electron chi connectivity index (χ0n) is 11.5. The van der Waals surface area contributed by atoms with Crippen LogP contribution in [0.4, 0.5) is 0 Å². The quantitative estimate of drug-likeness (QED) is 0.796. The second kappa shape index (κ2) is 6.90. The number of aryl methyl sites for hydroxylation is 2. The van der Waals surface area contributed by atoms with Gasteiger partial charge in [0.1, 0.15) is 5.01 Å². The summed E-state index contributed by atoms with van der Waals surface area (Å²) in [6.07, 6.45) is 5.58. The van der Waals surface area contributed by atoms with Crippen molar-refractivity contribution in [3.63, 3.8) is 0 Å². The fraction of sp³-hybridized carbons (Fsp3) is 0.462. The number of rotatable bonds is 7. The first-order chi connectivity index (χ1) is 9.63. The largest absolute Gasteiger partial charge is 0.481 e.